The Morgan fingerprint density at radius 1 is 1.03 bits per heavy atom. The van der Waals surface area contributed by atoms with Crippen molar-refractivity contribution in [2.75, 3.05) is 0 Å². The Kier molecular flexibility index (Phi) is 4.75. The van der Waals surface area contributed by atoms with Crippen LogP contribution in [-0.2, 0) is 10.3 Å². The molecule has 2 saturated carbocycles. The summed E-state index contributed by atoms with van der Waals surface area (Å²) in [4.78, 5) is 14.2. The van der Waals surface area contributed by atoms with Gasteiger partial charge in [-0.1, -0.05) is 62.8 Å². The fourth-order valence-corrected chi connectivity index (χ4v) is 7.63. The first kappa shape index (κ1) is 21.8. The molecule has 0 radical (unpaired) electrons. The molecule has 0 N–H and O–H groups in total. The van der Waals surface area contributed by atoms with E-state index in [1.807, 2.05) is 12.2 Å². The lowest BCUT2D eigenvalue weighted by Crippen LogP contribution is -2.61. The van der Waals surface area contributed by atoms with Crippen LogP contribution in [-0.4, -0.2) is 17.0 Å². The van der Waals surface area contributed by atoms with E-state index in [0.29, 0.717) is 22.9 Å². The summed E-state index contributed by atoms with van der Waals surface area (Å²) < 4.78 is 44.2. The number of hydrogen-bond acceptors (Lipinski definition) is 1. The first-order valence-electron chi connectivity index (χ1n) is 11.9. The van der Waals surface area contributed by atoms with E-state index in [1.54, 1.807) is 18.2 Å². The molecule has 172 valence electrons. The molecule has 1 aromatic carbocycles. The number of halogens is 3. The van der Waals surface area contributed by atoms with E-state index in [2.05, 4.69) is 13.8 Å². The van der Waals surface area contributed by atoms with Crippen LogP contribution in [0.25, 0.3) is 0 Å². The van der Waals surface area contributed by atoms with Crippen LogP contribution in [0.1, 0.15) is 64.9 Å². The van der Waals surface area contributed by atoms with Gasteiger partial charge in [0.25, 0.3) is 5.91 Å². The second kappa shape index (κ2) is 6.98. The van der Waals surface area contributed by atoms with Crippen LogP contribution in [0.5, 0.6) is 0 Å². The minimum absolute atomic E-state index is 0.0912. The SMILES string of the molecule is CC(c1ccccc1)(N1C(=O)C=C[C@@]2(C)C1=CC[C@H]1[C@@H]3CCC[C@@]3(C)CC[C@@H]12)C(F)(F)F. The van der Waals surface area contributed by atoms with Crippen LogP contribution in [0, 0.1) is 28.6 Å². The van der Waals surface area contributed by atoms with Gasteiger partial charge < -0.3 is 0 Å². The van der Waals surface area contributed by atoms with Crippen LogP contribution < -0.4 is 0 Å². The van der Waals surface area contributed by atoms with Gasteiger partial charge >= 0.3 is 6.18 Å². The van der Waals surface area contributed by atoms with Crippen molar-refractivity contribution in [2.24, 2.45) is 28.6 Å². The molecule has 1 heterocycles. The summed E-state index contributed by atoms with van der Waals surface area (Å²) in [7, 11) is 0. The second-order valence-electron chi connectivity index (χ2n) is 11.0. The summed E-state index contributed by atoms with van der Waals surface area (Å²) in [5.41, 5.74) is -2.00. The number of hydrogen-bond donors (Lipinski definition) is 0. The zero-order valence-corrected chi connectivity index (χ0v) is 19.1. The van der Waals surface area contributed by atoms with Gasteiger partial charge in [0.05, 0.1) is 0 Å². The van der Waals surface area contributed by atoms with Gasteiger partial charge in [-0.2, -0.15) is 13.2 Å². The Morgan fingerprint density at radius 2 is 1.75 bits per heavy atom. The minimum atomic E-state index is -4.62. The van der Waals surface area contributed by atoms with E-state index in [4.69, 9.17) is 0 Å². The summed E-state index contributed by atoms with van der Waals surface area (Å²) in [5.74, 6) is 0.771. The Morgan fingerprint density at radius 3 is 2.44 bits per heavy atom. The van der Waals surface area contributed by atoms with Crippen molar-refractivity contribution in [2.45, 2.75) is 71.0 Å². The molecule has 0 spiro atoms. The van der Waals surface area contributed by atoms with Gasteiger partial charge in [0.15, 0.2) is 5.54 Å². The lowest BCUT2D eigenvalue weighted by Gasteiger charge is -2.58. The van der Waals surface area contributed by atoms with Crippen molar-refractivity contribution in [3.05, 3.63) is 59.8 Å². The van der Waals surface area contributed by atoms with Crippen LogP contribution >= 0.6 is 0 Å². The highest BCUT2D eigenvalue weighted by Gasteiger charge is 2.63. The molecule has 1 aromatic rings. The number of amides is 1. The van der Waals surface area contributed by atoms with Crippen molar-refractivity contribution in [3.63, 3.8) is 0 Å². The number of carbonyl (C=O) groups excluding carboxylic acids is 1. The number of fused-ring (bicyclic) bond motifs is 5. The maximum atomic E-state index is 14.7. The van der Waals surface area contributed by atoms with Crippen molar-refractivity contribution >= 4 is 5.91 Å². The molecule has 0 bridgehead atoms. The quantitative estimate of drug-likeness (QED) is 0.482. The standard InChI is InChI=1S/C27H32F3NO/c1-24-15-7-10-20(24)19-11-12-22-25(2,21(19)13-16-24)17-14-23(32)31(22)26(3,27(28,29)30)18-8-5-4-6-9-18/h4-6,8-9,12,14,17,19-21H,7,10-11,13,15-16H2,1-3H3/t19-,20-,21-,24-,25+,26?/m0/s1. The molecule has 4 aliphatic rings. The smallest absolute Gasteiger partial charge is 0.293 e. The van der Waals surface area contributed by atoms with Crippen molar-refractivity contribution < 1.29 is 18.0 Å². The molecule has 32 heavy (non-hydrogen) atoms. The van der Waals surface area contributed by atoms with E-state index in [9.17, 15) is 18.0 Å². The molecular formula is C27H32F3NO. The van der Waals surface area contributed by atoms with Crippen molar-refractivity contribution in [1.29, 1.82) is 0 Å². The molecule has 0 aromatic heterocycles. The number of benzene rings is 1. The highest BCUT2D eigenvalue weighted by atomic mass is 19.4. The predicted octanol–water partition coefficient (Wildman–Crippen LogP) is 6.99. The third-order valence-corrected chi connectivity index (χ3v) is 9.49. The van der Waals surface area contributed by atoms with Crippen LogP contribution in [0.15, 0.2) is 54.3 Å². The zero-order valence-electron chi connectivity index (χ0n) is 19.1. The fraction of sp³-hybridized carbons (Fsp3) is 0.593. The Labute approximate surface area is 188 Å². The third-order valence-electron chi connectivity index (χ3n) is 9.49. The van der Waals surface area contributed by atoms with Crippen LogP contribution in [0.4, 0.5) is 13.2 Å². The molecular weight excluding hydrogens is 411 g/mol. The fourth-order valence-electron chi connectivity index (χ4n) is 7.63. The average molecular weight is 444 g/mol. The average Bonchev–Trinajstić information content (AvgIpc) is 3.15. The van der Waals surface area contributed by atoms with E-state index < -0.39 is 23.0 Å². The Bertz CT molecular complexity index is 982. The third kappa shape index (κ3) is 2.82. The monoisotopic (exact) mass is 443 g/mol. The first-order valence-corrected chi connectivity index (χ1v) is 11.9. The van der Waals surface area contributed by atoms with Crippen LogP contribution in [0.3, 0.4) is 0 Å². The largest absolute Gasteiger partial charge is 0.416 e. The van der Waals surface area contributed by atoms with Crippen molar-refractivity contribution in [3.8, 4) is 0 Å². The second-order valence-corrected chi connectivity index (χ2v) is 11.0. The number of allylic oxidation sites excluding steroid dienone is 2. The molecule has 2 fully saturated rings. The Hall–Kier alpha value is -2.04. The Balaban J connectivity index is 1.64. The molecule has 1 unspecified atom stereocenters. The summed E-state index contributed by atoms with van der Waals surface area (Å²) in [6.07, 6.45) is 7.27. The lowest BCUT2D eigenvalue weighted by atomic mass is 9.50. The van der Waals surface area contributed by atoms with Gasteiger partial charge in [0, 0.05) is 17.2 Å². The number of rotatable bonds is 2. The van der Waals surface area contributed by atoms with Crippen molar-refractivity contribution in [1.82, 2.24) is 4.90 Å². The molecule has 5 heteroatoms. The van der Waals surface area contributed by atoms with Gasteiger partial charge in [-0.3, -0.25) is 9.69 Å². The molecule has 1 amide bonds. The molecule has 5 rings (SSSR count). The maximum absolute atomic E-state index is 14.7. The summed E-state index contributed by atoms with van der Waals surface area (Å²) in [6.45, 7) is 5.62. The normalized spacial score (nSPS) is 38.4. The van der Waals surface area contributed by atoms with E-state index >= 15 is 0 Å². The number of carbonyl (C=O) groups is 1. The highest BCUT2D eigenvalue weighted by molar-refractivity contribution is 5.92. The molecule has 1 aliphatic heterocycles. The van der Waals surface area contributed by atoms with Crippen LogP contribution in [0.2, 0.25) is 0 Å². The predicted molar refractivity (Wildman–Crippen MR) is 118 cm³/mol. The minimum Gasteiger partial charge on any atom is -0.293 e. The maximum Gasteiger partial charge on any atom is 0.416 e. The molecule has 3 aliphatic carbocycles. The molecule has 6 atom stereocenters. The van der Waals surface area contributed by atoms with Gasteiger partial charge in [0.1, 0.15) is 0 Å². The summed E-state index contributed by atoms with van der Waals surface area (Å²) >= 11 is 0. The number of alkyl halides is 3. The van der Waals surface area contributed by atoms with E-state index in [1.165, 1.54) is 37.5 Å². The van der Waals surface area contributed by atoms with Gasteiger partial charge in [-0.25, -0.2) is 0 Å². The molecule has 0 saturated heterocycles. The van der Waals surface area contributed by atoms with E-state index in [-0.39, 0.29) is 11.5 Å². The zero-order chi connectivity index (χ0) is 22.9. The van der Waals surface area contributed by atoms with Gasteiger partial charge in [0.2, 0.25) is 0 Å². The number of nitrogens with zero attached hydrogens (tertiary/aromatic N) is 1. The van der Waals surface area contributed by atoms with E-state index in [0.717, 1.165) is 31.1 Å². The lowest BCUT2D eigenvalue weighted by molar-refractivity contribution is -0.228. The molecule has 2 nitrogen and oxygen atoms in total. The topological polar surface area (TPSA) is 20.3 Å². The highest BCUT2D eigenvalue weighted by Crippen LogP contribution is 2.64. The summed E-state index contributed by atoms with van der Waals surface area (Å²) in [5, 5.41) is 0. The van der Waals surface area contributed by atoms with Gasteiger partial charge in [-0.05, 0) is 67.8 Å². The van der Waals surface area contributed by atoms with Gasteiger partial charge in [-0.15, -0.1) is 0 Å². The summed E-state index contributed by atoms with van der Waals surface area (Å²) in [6, 6.07) is 7.88. The first-order chi connectivity index (χ1) is 15.0.